The Balaban J connectivity index is 1.91. The fourth-order valence-electron chi connectivity index (χ4n) is 2.47. The first kappa shape index (κ1) is 13.8. The number of carbonyl (C=O) groups is 1. The van der Waals surface area contributed by atoms with Crippen LogP contribution in [0.2, 0.25) is 0 Å². The topological polar surface area (TPSA) is 92.4 Å². The number of nitrogens with zero attached hydrogens (tertiary/aromatic N) is 4. The summed E-state index contributed by atoms with van der Waals surface area (Å²) < 4.78 is 1.72. The van der Waals surface area contributed by atoms with Gasteiger partial charge in [0.25, 0.3) is 0 Å². The predicted molar refractivity (Wildman–Crippen MR) is 77.2 cm³/mol. The molecule has 2 unspecified atom stereocenters. The molecule has 1 fully saturated rings. The lowest BCUT2D eigenvalue weighted by molar-refractivity contribution is -0.138. The van der Waals surface area contributed by atoms with Crippen LogP contribution in [0.4, 0.5) is 5.82 Å². The van der Waals surface area contributed by atoms with Gasteiger partial charge in [-0.3, -0.25) is 0 Å². The summed E-state index contributed by atoms with van der Waals surface area (Å²) in [5.41, 5.74) is 0.686. The summed E-state index contributed by atoms with van der Waals surface area (Å²) in [4.78, 5) is 11.3. The molecular formula is C14H19N5O2. The van der Waals surface area contributed by atoms with Crippen molar-refractivity contribution >= 4 is 17.4 Å². The zero-order valence-corrected chi connectivity index (χ0v) is 12.3. The molecule has 3 rings (SSSR count). The minimum atomic E-state index is -0.883. The number of carboxylic acids is 1. The molecule has 7 nitrogen and oxygen atoms in total. The maximum Gasteiger partial charge on any atom is 0.326 e. The smallest absolute Gasteiger partial charge is 0.326 e. The van der Waals surface area contributed by atoms with Crippen LogP contribution in [0, 0.1) is 11.8 Å². The highest BCUT2D eigenvalue weighted by molar-refractivity contribution is 5.77. The third-order valence-electron chi connectivity index (χ3n) is 3.96. The van der Waals surface area contributed by atoms with Gasteiger partial charge in [0.05, 0.1) is 0 Å². The molecule has 1 aliphatic rings. The fraction of sp³-hybridized carbons (Fsp3) is 0.571. The van der Waals surface area contributed by atoms with E-state index in [4.69, 9.17) is 0 Å². The van der Waals surface area contributed by atoms with Gasteiger partial charge in [-0.05, 0) is 30.4 Å². The Bertz CT molecular complexity index is 681. The summed E-state index contributed by atoms with van der Waals surface area (Å²) in [7, 11) is 0. The number of nitrogens with one attached hydrogen (secondary N) is 1. The summed E-state index contributed by atoms with van der Waals surface area (Å²) in [6.45, 7) is 5.90. The van der Waals surface area contributed by atoms with Crippen LogP contribution in [0.25, 0.3) is 5.65 Å². The lowest BCUT2D eigenvalue weighted by Crippen LogP contribution is -2.34. The van der Waals surface area contributed by atoms with Crippen molar-refractivity contribution in [3.63, 3.8) is 0 Å². The molecule has 7 heteroatoms. The number of hydrogen-bond acceptors (Lipinski definition) is 5. The maximum absolute atomic E-state index is 11.3. The van der Waals surface area contributed by atoms with E-state index in [1.165, 1.54) is 0 Å². The second-order valence-electron chi connectivity index (χ2n) is 6.07. The molecule has 2 aromatic rings. The molecule has 0 amide bonds. The molecule has 3 atom stereocenters. The predicted octanol–water partition coefficient (Wildman–Crippen LogP) is 1.77. The van der Waals surface area contributed by atoms with Crippen molar-refractivity contribution in [1.29, 1.82) is 0 Å². The number of aromatic nitrogens is 4. The number of hydrogen-bond donors (Lipinski definition) is 2. The van der Waals surface area contributed by atoms with E-state index in [9.17, 15) is 9.90 Å². The summed E-state index contributed by atoms with van der Waals surface area (Å²) in [5, 5.41) is 25.0. The van der Waals surface area contributed by atoms with Gasteiger partial charge in [-0.2, -0.15) is 4.52 Å². The Labute approximate surface area is 122 Å². The van der Waals surface area contributed by atoms with Gasteiger partial charge in [-0.15, -0.1) is 15.3 Å². The van der Waals surface area contributed by atoms with Crippen LogP contribution in [-0.2, 0) is 4.79 Å². The van der Waals surface area contributed by atoms with Crippen molar-refractivity contribution in [3.05, 3.63) is 18.0 Å². The Morgan fingerprint density at radius 3 is 2.71 bits per heavy atom. The van der Waals surface area contributed by atoms with E-state index in [-0.39, 0.29) is 5.92 Å². The quantitative estimate of drug-likeness (QED) is 0.871. The molecule has 0 spiro atoms. The van der Waals surface area contributed by atoms with Crippen LogP contribution in [0.1, 0.15) is 38.9 Å². The summed E-state index contributed by atoms with van der Waals surface area (Å²) in [6.07, 6.45) is 1.10. The largest absolute Gasteiger partial charge is 0.480 e. The van der Waals surface area contributed by atoms with Gasteiger partial charge < -0.3 is 10.4 Å². The lowest BCUT2D eigenvalue weighted by Gasteiger charge is -2.18. The minimum absolute atomic E-state index is 0.0381. The molecule has 0 aliphatic heterocycles. The first-order valence-electron chi connectivity index (χ1n) is 7.19. The summed E-state index contributed by atoms with van der Waals surface area (Å²) in [6, 6.07) is 2.87. The van der Waals surface area contributed by atoms with Gasteiger partial charge in [-0.1, -0.05) is 20.8 Å². The van der Waals surface area contributed by atoms with Gasteiger partial charge in [0.2, 0.25) is 0 Å². The van der Waals surface area contributed by atoms with E-state index in [2.05, 4.69) is 27.5 Å². The minimum Gasteiger partial charge on any atom is -0.480 e. The molecule has 0 radical (unpaired) electrons. The summed E-state index contributed by atoms with van der Waals surface area (Å²) in [5.74, 6) is 1.48. The van der Waals surface area contributed by atoms with Gasteiger partial charge in [0.1, 0.15) is 11.9 Å². The van der Waals surface area contributed by atoms with Gasteiger partial charge in [0.15, 0.2) is 11.5 Å². The first-order valence-corrected chi connectivity index (χ1v) is 7.19. The standard InChI is InChI=1S/C14H19N5O2/c1-7(2)12(14(20)21)15-10-4-5-11-16-17-13(19(11)18-10)9-6-8(9)3/h4-5,7-9,12H,6H2,1-3H3,(H,15,18)(H,20,21)/t8?,9?,12-/m1/s1. The third kappa shape index (κ3) is 2.55. The molecule has 2 aromatic heterocycles. The van der Waals surface area contributed by atoms with Crippen LogP contribution in [0.15, 0.2) is 12.1 Å². The maximum atomic E-state index is 11.3. The van der Waals surface area contributed by atoms with Crippen LogP contribution >= 0.6 is 0 Å². The van der Waals surface area contributed by atoms with Crippen LogP contribution < -0.4 is 5.32 Å². The van der Waals surface area contributed by atoms with E-state index in [0.717, 1.165) is 12.2 Å². The average Bonchev–Trinajstić information content (AvgIpc) is 3.00. The molecule has 0 bridgehead atoms. The van der Waals surface area contributed by atoms with Crippen LogP contribution in [0.3, 0.4) is 0 Å². The van der Waals surface area contributed by atoms with Gasteiger partial charge in [0, 0.05) is 5.92 Å². The van der Waals surface area contributed by atoms with Crippen molar-refractivity contribution in [2.75, 3.05) is 5.32 Å². The molecular weight excluding hydrogens is 270 g/mol. The average molecular weight is 289 g/mol. The van der Waals surface area contributed by atoms with Gasteiger partial charge >= 0.3 is 5.97 Å². The number of aliphatic carboxylic acids is 1. The normalized spacial score (nSPS) is 22.5. The molecule has 0 aromatic carbocycles. The van der Waals surface area contributed by atoms with Crippen molar-refractivity contribution in [3.8, 4) is 0 Å². The number of rotatable bonds is 5. The second-order valence-corrected chi connectivity index (χ2v) is 6.07. The highest BCUT2D eigenvalue weighted by Gasteiger charge is 2.38. The van der Waals surface area contributed by atoms with Crippen LogP contribution in [-0.4, -0.2) is 36.9 Å². The Morgan fingerprint density at radius 2 is 2.14 bits per heavy atom. The SMILES string of the molecule is CC1CC1c1nnc2ccc(N[C@@H](C(=O)O)C(C)C)nn12. The fourth-order valence-corrected chi connectivity index (χ4v) is 2.47. The Morgan fingerprint density at radius 1 is 1.43 bits per heavy atom. The highest BCUT2D eigenvalue weighted by Crippen LogP contribution is 2.45. The zero-order chi connectivity index (χ0) is 15.1. The molecule has 1 saturated carbocycles. The monoisotopic (exact) mass is 289 g/mol. The van der Waals surface area contributed by atoms with Crippen molar-refractivity contribution in [2.24, 2.45) is 11.8 Å². The molecule has 2 N–H and O–H groups in total. The molecule has 21 heavy (non-hydrogen) atoms. The molecule has 0 saturated heterocycles. The summed E-state index contributed by atoms with van der Waals surface area (Å²) >= 11 is 0. The van der Waals surface area contributed by atoms with E-state index < -0.39 is 12.0 Å². The molecule has 1 aliphatic carbocycles. The van der Waals surface area contributed by atoms with E-state index >= 15 is 0 Å². The van der Waals surface area contributed by atoms with E-state index in [1.54, 1.807) is 16.6 Å². The van der Waals surface area contributed by atoms with Crippen LogP contribution in [0.5, 0.6) is 0 Å². The second kappa shape index (κ2) is 4.98. The lowest BCUT2D eigenvalue weighted by atomic mass is 10.1. The molecule has 2 heterocycles. The van der Waals surface area contributed by atoms with Crippen molar-refractivity contribution < 1.29 is 9.90 Å². The van der Waals surface area contributed by atoms with Crippen molar-refractivity contribution in [2.45, 2.75) is 39.2 Å². The Hall–Kier alpha value is -2.18. The number of carboxylic acid groups (broad SMARTS) is 1. The highest BCUT2D eigenvalue weighted by atomic mass is 16.4. The first-order chi connectivity index (χ1) is 9.97. The number of fused-ring (bicyclic) bond motifs is 1. The number of anilines is 1. The van der Waals surface area contributed by atoms with E-state index in [1.807, 2.05) is 13.8 Å². The van der Waals surface area contributed by atoms with Gasteiger partial charge in [-0.25, -0.2) is 4.79 Å². The zero-order valence-electron chi connectivity index (χ0n) is 12.3. The Kier molecular flexibility index (Phi) is 3.27. The molecule has 112 valence electrons. The van der Waals surface area contributed by atoms with E-state index in [0.29, 0.717) is 23.3 Å². The van der Waals surface area contributed by atoms with Crippen molar-refractivity contribution in [1.82, 2.24) is 19.8 Å². The third-order valence-corrected chi connectivity index (χ3v) is 3.96.